The number of hydrogen-bond donors (Lipinski definition) is 4. The number of nitrogens with two attached hydrogens (primary N) is 1. The van der Waals surface area contributed by atoms with Gasteiger partial charge in [0.1, 0.15) is 0 Å². The van der Waals surface area contributed by atoms with Crippen LogP contribution in [-0.4, -0.2) is 35.5 Å². The highest BCUT2D eigenvalue weighted by Gasteiger charge is 2.07. The molecule has 0 atom stereocenters. The molecule has 0 unspecified atom stereocenters. The topological polar surface area (TPSA) is 95.6 Å². The number of nitrogens with one attached hydrogen (secondary N) is 1. The maximum absolute atomic E-state index is 9.72. The minimum atomic E-state index is -0.988. The molecule has 0 heterocycles. The van der Waals surface area contributed by atoms with Gasteiger partial charge < -0.3 is 21.3 Å². The van der Waals surface area contributed by atoms with Crippen molar-refractivity contribution in [1.82, 2.24) is 5.32 Å². The minimum absolute atomic E-state index is 0.0359. The maximum atomic E-state index is 9.72. The van der Waals surface area contributed by atoms with Crippen molar-refractivity contribution in [3.8, 4) is 0 Å². The summed E-state index contributed by atoms with van der Waals surface area (Å²) in [5.41, 5.74) is 5.08. The molecule has 5 N–H and O–H groups in total. The second-order valence-electron chi connectivity index (χ2n) is 3.67. The molecule has 0 bridgehead atoms. The third-order valence-electron chi connectivity index (χ3n) is 2.23. The maximum Gasteiger partial charge on any atom is 0.404 e. The van der Waals surface area contributed by atoms with Crippen LogP contribution in [0.3, 0.4) is 0 Å². The van der Waals surface area contributed by atoms with Crippen molar-refractivity contribution in [3.63, 3.8) is 0 Å². The summed E-state index contributed by atoms with van der Waals surface area (Å²) in [6.45, 7) is 0.978. The fourth-order valence-corrected chi connectivity index (χ4v) is 1.38. The van der Waals surface area contributed by atoms with Crippen molar-refractivity contribution < 1.29 is 15.0 Å². The van der Waals surface area contributed by atoms with Crippen LogP contribution in [0.25, 0.3) is 0 Å². The molecule has 0 radical (unpaired) electrons. The van der Waals surface area contributed by atoms with E-state index in [2.05, 4.69) is 5.32 Å². The summed E-state index contributed by atoms with van der Waals surface area (Å²) >= 11 is 0. The van der Waals surface area contributed by atoms with Crippen LogP contribution >= 0.6 is 0 Å². The molecule has 0 aromatic rings. The number of aliphatic hydroxyl groups excluding tert-OH is 1. The van der Waals surface area contributed by atoms with Gasteiger partial charge in [-0.05, 0) is 25.8 Å². The molecule has 1 aliphatic rings. The van der Waals surface area contributed by atoms with Crippen LogP contribution < -0.4 is 11.1 Å². The van der Waals surface area contributed by atoms with Crippen molar-refractivity contribution in [2.75, 3.05) is 13.1 Å². The molecule has 1 rings (SSSR count). The smallest absolute Gasteiger partial charge is 0.404 e. The Morgan fingerprint density at radius 2 is 1.93 bits per heavy atom. The fraction of sp³-hybridized carbons (Fsp3) is 0.900. The first-order chi connectivity index (χ1) is 7.16. The van der Waals surface area contributed by atoms with Crippen molar-refractivity contribution in [2.24, 2.45) is 5.73 Å². The fourth-order valence-electron chi connectivity index (χ4n) is 1.38. The van der Waals surface area contributed by atoms with Crippen molar-refractivity contribution in [3.05, 3.63) is 0 Å². The lowest BCUT2D eigenvalue weighted by atomic mass is 9.98. The van der Waals surface area contributed by atoms with Crippen LogP contribution in [0, 0.1) is 0 Å². The molecule has 90 valence electrons. The zero-order valence-corrected chi connectivity index (χ0v) is 9.11. The molecule has 1 fully saturated rings. The predicted molar refractivity (Wildman–Crippen MR) is 58.8 cm³/mol. The lowest BCUT2D eigenvalue weighted by molar-refractivity contribution is 0.130. The van der Waals surface area contributed by atoms with E-state index in [1.54, 1.807) is 0 Å². The van der Waals surface area contributed by atoms with Crippen molar-refractivity contribution >= 4 is 6.09 Å². The van der Waals surface area contributed by atoms with Gasteiger partial charge in [0.25, 0.3) is 0 Å². The number of aliphatic hydroxyl groups is 1. The van der Waals surface area contributed by atoms with E-state index >= 15 is 0 Å². The van der Waals surface area contributed by atoms with Gasteiger partial charge in [0.2, 0.25) is 0 Å². The quantitative estimate of drug-likeness (QED) is 0.529. The van der Waals surface area contributed by atoms with E-state index in [0.717, 1.165) is 12.8 Å². The first-order valence-corrected chi connectivity index (χ1v) is 5.51. The van der Waals surface area contributed by atoms with Crippen molar-refractivity contribution in [1.29, 1.82) is 0 Å². The highest BCUT2D eigenvalue weighted by atomic mass is 16.4. The molecule has 0 spiro atoms. The summed E-state index contributed by atoms with van der Waals surface area (Å²) in [7, 11) is 0. The molecule has 0 saturated heterocycles. The predicted octanol–water partition coefficient (Wildman–Crippen LogP) is 0.914. The van der Waals surface area contributed by atoms with Crippen molar-refractivity contribution in [2.45, 2.75) is 44.6 Å². The Kier molecular flexibility index (Phi) is 9.21. The molecule has 1 saturated carbocycles. The summed E-state index contributed by atoms with van der Waals surface area (Å²) in [6, 6.07) is 0. The largest absolute Gasteiger partial charge is 0.465 e. The van der Waals surface area contributed by atoms with Crippen LogP contribution in [0.15, 0.2) is 0 Å². The molecule has 1 amide bonds. The SMILES string of the molecule is NCCCNC(=O)O.OC1CCCCC1. The zero-order chi connectivity index (χ0) is 11.5. The van der Waals surface area contributed by atoms with Crippen LogP contribution in [-0.2, 0) is 0 Å². The average molecular weight is 218 g/mol. The first kappa shape index (κ1) is 14.2. The average Bonchev–Trinajstić information content (AvgIpc) is 2.20. The lowest BCUT2D eigenvalue weighted by Gasteiger charge is -2.14. The van der Waals surface area contributed by atoms with Crippen LogP contribution in [0.1, 0.15) is 38.5 Å². The number of carbonyl (C=O) groups is 1. The van der Waals surface area contributed by atoms with E-state index in [1.807, 2.05) is 0 Å². The molecule has 15 heavy (non-hydrogen) atoms. The first-order valence-electron chi connectivity index (χ1n) is 5.51. The van der Waals surface area contributed by atoms with E-state index in [4.69, 9.17) is 15.9 Å². The monoisotopic (exact) mass is 218 g/mol. The Bertz CT molecular complexity index is 159. The molecular formula is C10H22N2O3. The molecule has 1 aliphatic carbocycles. The standard InChI is InChI=1S/C6H12O.C4H10N2O2/c7-6-4-2-1-3-5-6;5-2-1-3-6-4(7)8/h6-7H,1-5H2;6H,1-3,5H2,(H,7,8). The van der Waals surface area contributed by atoms with E-state index in [-0.39, 0.29) is 6.10 Å². The Balaban J connectivity index is 0.000000262. The third kappa shape index (κ3) is 11.1. The van der Waals surface area contributed by atoms with E-state index < -0.39 is 6.09 Å². The van der Waals surface area contributed by atoms with Crippen LogP contribution in [0.4, 0.5) is 4.79 Å². The Morgan fingerprint density at radius 3 is 2.27 bits per heavy atom. The van der Waals surface area contributed by atoms with Crippen LogP contribution in [0.5, 0.6) is 0 Å². The summed E-state index contributed by atoms with van der Waals surface area (Å²) in [5.74, 6) is 0. The van der Waals surface area contributed by atoms with Gasteiger partial charge in [-0.15, -0.1) is 0 Å². The summed E-state index contributed by atoms with van der Waals surface area (Å²) in [6.07, 6.45) is 5.64. The van der Waals surface area contributed by atoms with E-state index in [9.17, 15) is 4.79 Å². The van der Waals surface area contributed by atoms with Gasteiger partial charge in [-0.25, -0.2) is 4.79 Å². The second-order valence-corrected chi connectivity index (χ2v) is 3.67. The van der Waals surface area contributed by atoms with E-state index in [1.165, 1.54) is 19.3 Å². The molecule has 5 nitrogen and oxygen atoms in total. The molecular weight excluding hydrogens is 196 g/mol. The molecule has 0 aromatic heterocycles. The van der Waals surface area contributed by atoms with Gasteiger partial charge in [0, 0.05) is 6.54 Å². The highest BCUT2D eigenvalue weighted by molar-refractivity contribution is 5.64. The second kappa shape index (κ2) is 9.73. The Morgan fingerprint density at radius 1 is 1.33 bits per heavy atom. The highest BCUT2D eigenvalue weighted by Crippen LogP contribution is 2.16. The summed E-state index contributed by atoms with van der Waals surface area (Å²) in [4.78, 5) is 9.72. The zero-order valence-electron chi connectivity index (χ0n) is 9.11. The number of amides is 1. The Labute approximate surface area is 90.7 Å². The van der Waals surface area contributed by atoms with Gasteiger partial charge >= 0.3 is 6.09 Å². The summed E-state index contributed by atoms with van der Waals surface area (Å²) in [5, 5.41) is 19.1. The number of carboxylic acid groups (broad SMARTS) is 1. The minimum Gasteiger partial charge on any atom is -0.465 e. The third-order valence-corrected chi connectivity index (χ3v) is 2.23. The number of rotatable bonds is 3. The summed E-state index contributed by atoms with van der Waals surface area (Å²) < 4.78 is 0. The van der Waals surface area contributed by atoms with Crippen LogP contribution in [0.2, 0.25) is 0 Å². The molecule has 5 heteroatoms. The van der Waals surface area contributed by atoms with Gasteiger partial charge in [0.05, 0.1) is 6.10 Å². The lowest BCUT2D eigenvalue weighted by Crippen LogP contribution is -2.23. The van der Waals surface area contributed by atoms with Gasteiger partial charge in [-0.1, -0.05) is 19.3 Å². The van der Waals surface area contributed by atoms with Gasteiger partial charge in [-0.3, -0.25) is 0 Å². The van der Waals surface area contributed by atoms with Gasteiger partial charge in [0.15, 0.2) is 0 Å². The number of hydrogen-bond acceptors (Lipinski definition) is 3. The van der Waals surface area contributed by atoms with E-state index in [0.29, 0.717) is 19.5 Å². The Hall–Kier alpha value is -0.810. The molecule has 0 aromatic carbocycles. The normalized spacial score (nSPS) is 16.4. The van der Waals surface area contributed by atoms with Gasteiger partial charge in [-0.2, -0.15) is 0 Å². The molecule has 0 aliphatic heterocycles.